The number of likely N-dealkylation sites (tertiary alicyclic amines) is 1. The lowest BCUT2D eigenvalue weighted by molar-refractivity contribution is -0.384. The van der Waals surface area contributed by atoms with E-state index in [1.165, 1.54) is 25.3 Å². The molecule has 1 aliphatic heterocycles. The first-order chi connectivity index (χ1) is 9.97. The maximum Gasteiger partial charge on any atom is 0.271 e. The van der Waals surface area contributed by atoms with Gasteiger partial charge in [-0.3, -0.25) is 24.6 Å². The minimum Gasteiger partial charge on any atom is -0.495 e. The molecule has 0 spiro atoms. The lowest BCUT2D eigenvalue weighted by atomic mass is 10.2. The third-order valence-electron chi connectivity index (χ3n) is 3.28. The lowest BCUT2D eigenvalue weighted by Gasteiger charge is -2.16. The van der Waals surface area contributed by atoms with Crippen LogP contribution < -0.4 is 10.1 Å². The number of carbonyl (C=O) groups excluding carboxylic acids is 2. The summed E-state index contributed by atoms with van der Waals surface area (Å²) in [6.45, 7) is 2.02. The molecule has 1 aromatic carbocycles. The van der Waals surface area contributed by atoms with Crippen molar-refractivity contribution in [3.05, 3.63) is 28.3 Å². The average molecular weight is 293 g/mol. The molecule has 0 aromatic heterocycles. The molecule has 1 fully saturated rings. The molecule has 8 nitrogen and oxygen atoms in total. The summed E-state index contributed by atoms with van der Waals surface area (Å²) in [6, 6.07) is 3.31. The minimum absolute atomic E-state index is 0.0263. The number of non-ortho nitro benzene ring substituents is 1. The number of anilines is 1. The van der Waals surface area contributed by atoms with E-state index in [2.05, 4.69) is 5.32 Å². The molecule has 112 valence electrons. The second kappa shape index (κ2) is 5.78. The molecule has 1 atom stereocenters. The van der Waals surface area contributed by atoms with Crippen LogP contribution in [0.5, 0.6) is 5.75 Å². The quantitative estimate of drug-likeness (QED) is 0.496. The van der Waals surface area contributed by atoms with Crippen molar-refractivity contribution >= 4 is 23.2 Å². The van der Waals surface area contributed by atoms with E-state index < -0.39 is 11.0 Å². The highest BCUT2D eigenvalue weighted by Gasteiger charge is 2.37. The topological polar surface area (TPSA) is 102 Å². The predicted octanol–water partition coefficient (Wildman–Crippen LogP) is 1.16. The maximum atomic E-state index is 12.0. The first kappa shape index (κ1) is 14.8. The Morgan fingerprint density at radius 2 is 2.19 bits per heavy atom. The number of nitrogens with zero attached hydrogens (tertiary/aromatic N) is 2. The summed E-state index contributed by atoms with van der Waals surface area (Å²) in [4.78, 5) is 35.1. The number of ether oxygens (including phenoxy) is 1. The number of methoxy groups -OCH3 is 1. The number of benzene rings is 1. The van der Waals surface area contributed by atoms with Crippen molar-refractivity contribution in [2.75, 3.05) is 19.0 Å². The number of hydrogen-bond donors (Lipinski definition) is 1. The number of amides is 2. The first-order valence-corrected chi connectivity index (χ1v) is 6.41. The monoisotopic (exact) mass is 293 g/mol. The zero-order valence-corrected chi connectivity index (χ0v) is 11.7. The largest absolute Gasteiger partial charge is 0.495 e. The van der Waals surface area contributed by atoms with Crippen molar-refractivity contribution in [3.8, 4) is 5.75 Å². The summed E-state index contributed by atoms with van der Waals surface area (Å²) in [7, 11) is 1.42. The second-order valence-corrected chi connectivity index (χ2v) is 4.52. The number of rotatable bonds is 5. The number of imide groups is 1. The lowest BCUT2D eigenvalue weighted by Crippen LogP contribution is -2.34. The van der Waals surface area contributed by atoms with Gasteiger partial charge in [-0.15, -0.1) is 0 Å². The van der Waals surface area contributed by atoms with Gasteiger partial charge < -0.3 is 10.1 Å². The predicted molar refractivity (Wildman–Crippen MR) is 74.1 cm³/mol. The van der Waals surface area contributed by atoms with E-state index in [-0.39, 0.29) is 23.9 Å². The van der Waals surface area contributed by atoms with Crippen LogP contribution in [0.3, 0.4) is 0 Å². The Balaban J connectivity index is 2.27. The normalized spacial score (nSPS) is 18.0. The van der Waals surface area contributed by atoms with Crippen LogP contribution in [0.1, 0.15) is 13.3 Å². The Labute approximate surface area is 120 Å². The standard InChI is InChI=1S/C13H15N3O5/c1-3-15-12(17)7-10(13(15)18)14-9-6-8(16(19)20)4-5-11(9)21-2/h4-6,10,14H,3,7H2,1-2H3. The smallest absolute Gasteiger partial charge is 0.271 e. The molecule has 1 aliphatic rings. The van der Waals surface area contributed by atoms with Gasteiger partial charge in [-0.2, -0.15) is 0 Å². The molecule has 0 saturated carbocycles. The van der Waals surface area contributed by atoms with Crippen LogP contribution in [-0.4, -0.2) is 41.3 Å². The fourth-order valence-electron chi connectivity index (χ4n) is 2.24. The van der Waals surface area contributed by atoms with Crippen molar-refractivity contribution in [3.63, 3.8) is 0 Å². The molecular weight excluding hydrogens is 278 g/mol. The first-order valence-electron chi connectivity index (χ1n) is 6.41. The fourth-order valence-corrected chi connectivity index (χ4v) is 2.24. The van der Waals surface area contributed by atoms with Gasteiger partial charge in [0.05, 0.1) is 24.1 Å². The summed E-state index contributed by atoms with van der Waals surface area (Å²) >= 11 is 0. The Bertz CT molecular complexity index is 601. The van der Waals surface area contributed by atoms with Gasteiger partial charge in [0.15, 0.2) is 0 Å². The zero-order valence-electron chi connectivity index (χ0n) is 11.7. The van der Waals surface area contributed by atoms with Crippen LogP contribution in [0.15, 0.2) is 18.2 Å². The van der Waals surface area contributed by atoms with Crippen LogP contribution in [0.25, 0.3) is 0 Å². The van der Waals surface area contributed by atoms with Crippen molar-refractivity contribution in [1.29, 1.82) is 0 Å². The number of nitrogens with one attached hydrogen (secondary N) is 1. The van der Waals surface area contributed by atoms with Crippen LogP contribution in [0.4, 0.5) is 11.4 Å². The molecule has 1 unspecified atom stereocenters. The van der Waals surface area contributed by atoms with Crippen LogP contribution in [-0.2, 0) is 9.59 Å². The SMILES string of the molecule is CCN1C(=O)CC(Nc2cc([N+](=O)[O-])ccc2OC)C1=O. The molecule has 21 heavy (non-hydrogen) atoms. The van der Waals surface area contributed by atoms with E-state index >= 15 is 0 Å². The molecule has 1 aromatic rings. The van der Waals surface area contributed by atoms with Crippen LogP contribution in [0, 0.1) is 10.1 Å². The number of nitro benzene ring substituents is 1. The maximum absolute atomic E-state index is 12.0. The summed E-state index contributed by atoms with van der Waals surface area (Å²) < 4.78 is 5.11. The van der Waals surface area contributed by atoms with Gasteiger partial charge in [-0.1, -0.05) is 0 Å². The summed E-state index contributed by atoms with van der Waals surface area (Å²) in [5, 5.41) is 13.7. The highest BCUT2D eigenvalue weighted by Crippen LogP contribution is 2.30. The van der Waals surface area contributed by atoms with E-state index in [1.807, 2.05) is 0 Å². The molecule has 8 heteroatoms. The highest BCUT2D eigenvalue weighted by molar-refractivity contribution is 6.06. The van der Waals surface area contributed by atoms with Gasteiger partial charge in [0.2, 0.25) is 5.91 Å². The van der Waals surface area contributed by atoms with E-state index in [4.69, 9.17) is 4.74 Å². The van der Waals surface area contributed by atoms with Crippen molar-refractivity contribution < 1.29 is 19.2 Å². The number of likely N-dealkylation sites (N-methyl/N-ethyl adjacent to an activating group) is 1. The fraction of sp³-hybridized carbons (Fsp3) is 0.385. The number of hydrogen-bond acceptors (Lipinski definition) is 6. The number of nitro groups is 1. The van der Waals surface area contributed by atoms with Gasteiger partial charge >= 0.3 is 0 Å². The van der Waals surface area contributed by atoms with E-state index in [9.17, 15) is 19.7 Å². The van der Waals surface area contributed by atoms with E-state index in [1.54, 1.807) is 6.92 Å². The van der Waals surface area contributed by atoms with E-state index in [0.29, 0.717) is 18.0 Å². The summed E-state index contributed by atoms with van der Waals surface area (Å²) in [5.41, 5.74) is 0.193. The third-order valence-corrected chi connectivity index (χ3v) is 3.28. The van der Waals surface area contributed by atoms with Gasteiger partial charge in [0, 0.05) is 18.7 Å². The van der Waals surface area contributed by atoms with Gasteiger partial charge in [-0.05, 0) is 13.0 Å². The molecule has 0 radical (unpaired) electrons. The molecule has 0 aliphatic carbocycles. The number of carbonyl (C=O) groups is 2. The van der Waals surface area contributed by atoms with Crippen LogP contribution >= 0.6 is 0 Å². The van der Waals surface area contributed by atoms with Gasteiger partial charge in [-0.25, -0.2) is 0 Å². The van der Waals surface area contributed by atoms with Crippen molar-refractivity contribution in [2.24, 2.45) is 0 Å². The average Bonchev–Trinajstić information content (AvgIpc) is 2.72. The molecule has 2 amide bonds. The Morgan fingerprint density at radius 3 is 2.71 bits per heavy atom. The zero-order chi connectivity index (χ0) is 15.6. The minimum atomic E-state index is -0.728. The molecule has 1 heterocycles. The molecule has 0 bridgehead atoms. The Hall–Kier alpha value is -2.64. The molecule has 1 saturated heterocycles. The second-order valence-electron chi connectivity index (χ2n) is 4.52. The van der Waals surface area contributed by atoms with Crippen molar-refractivity contribution in [1.82, 2.24) is 4.90 Å². The Morgan fingerprint density at radius 1 is 1.48 bits per heavy atom. The summed E-state index contributed by atoms with van der Waals surface area (Å²) in [5.74, 6) is -0.226. The summed E-state index contributed by atoms with van der Waals surface area (Å²) in [6.07, 6.45) is 0.0263. The molecule has 1 N–H and O–H groups in total. The Kier molecular flexibility index (Phi) is 4.06. The van der Waals surface area contributed by atoms with Gasteiger partial charge in [0.1, 0.15) is 11.8 Å². The van der Waals surface area contributed by atoms with Gasteiger partial charge in [0.25, 0.3) is 11.6 Å². The van der Waals surface area contributed by atoms with Crippen LogP contribution in [0.2, 0.25) is 0 Å². The van der Waals surface area contributed by atoms with E-state index in [0.717, 1.165) is 4.90 Å². The van der Waals surface area contributed by atoms with Crippen molar-refractivity contribution in [2.45, 2.75) is 19.4 Å². The molecular formula is C13H15N3O5. The highest BCUT2D eigenvalue weighted by atomic mass is 16.6. The third kappa shape index (κ3) is 2.78. The molecule has 2 rings (SSSR count).